The highest BCUT2D eigenvalue weighted by Gasteiger charge is 2.38. The minimum Gasteiger partial charge on any atom is -0.348 e. The zero-order chi connectivity index (χ0) is 12.6. The van der Waals surface area contributed by atoms with Crippen LogP contribution in [0.15, 0.2) is 0 Å². The second-order valence-electron chi connectivity index (χ2n) is 3.49. The lowest BCUT2D eigenvalue weighted by Crippen LogP contribution is -2.37. The zero-order valence-corrected chi connectivity index (χ0v) is 9.73. The molecule has 0 atom stereocenters. The number of nitrogens with zero attached hydrogens (tertiary/aromatic N) is 1. The van der Waals surface area contributed by atoms with Crippen molar-refractivity contribution in [3.63, 3.8) is 0 Å². The van der Waals surface area contributed by atoms with Crippen molar-refractivity contribution in [2.24, 2.45) is 0 Å². The molecule has 96 valence electrons. The average Bonchev–Trinajstić information content (AvgIpc) is 2.21. The quantitative estimate of drug-likeness (QED) is 0.688. The largest absolute Gasteiger partial charge is 0.471 e. The number of alkyl halides is 3. The fraction of sp³-hybridized carbons (Fsp3) is 0.900. The molecule has 6 heteroatoms. The Morgan fingerprint density at radius 2 is 1.75 bits per heavy atom. The molecule has 1 amide bonds. The maximum Gasteiger partial charge on any atom is 0.471 e. The minimum absolute atomic E-state index is 0.0829. The summed E-state index contributed by atoms with van der Waals surface area (Å²) < 4.78 is 35.3. The van der Waals surface area contributed by atoms with Crippen molar-refractivity contribution in [1.82, 2.24) is 10.2 Å². The van der Waals surface area contributed by atoms with Gasteiger partial charge in [-0.1, -0.05) is 13.8 Å². The van der Waals surface area contributed by atoms with E-state index in [2.05, 4.69) is 4.90 Å². The molecule has 0 radical (unpaired) electrons. The Morgan fingerprint density at radius 1 is 1.19 bits per heavy atom. The van der Waals surface area contributed by atoms with E-state index in [4.69, 9.17) is 0 Å². The molecule has 0 aromatic rings. The highest BCUT2D eigenvalue weighted by Crippen LogP contribution is 2.13. The predicted molar refractivity (Wildman–Crippen MR) is 56.1 cm³/mol. The van der Waals surface area contributed by atoms with Crippen molar-refractivity contribution < 1.29 is 18.0 Å². The molecule has 0 unspecified atom stereocenters. The fourth-order valence-corrected chi connectivity index (χ4v) is 1.30. The van der Waals surface area contributed by atoms with E-state index in [0.717, 1.165) is 26.1 Å². The third kappa shape index (κ3) is 6.66. The summed E-state index contributed by atoms with van der Waals surface area (Å²) in [5, 5.41) is 1.85. The Kier molecular flexibility index (Phi) is 7.12. The number of amides is 1. The number of nitrogens with one attached hydrogen (secondary N) is 1. The SMILES string of the molecule is CCN(CC)CCCCNC(=O)C(F)(F)F. The van der Waals surface area contributed by atoms with Crippen molar-refractivity contribution in [2.45, 2.75) is 32.9 Å². The summed E-state index contributed by atoms with van der Waals surface area (Å²) in [5.74, 6) is -1.85. The van der Waals surface area contributed by atoms with Gasteiger partial charge in [0, 0.05) is 6.54 Å². The van der Waals surface area contributed by atoms with Crippen LogP contribution in [0.3, 0.4) is 0 Å². The molecule has 0 rings (SSSR count). The maximum absolute atomic E-state index is 11.8. The third-order valence-electron chi connectivity index (χ3n) is 2.34. The van der Waals surface area contributed by atoms with Gasteiger partial charge in [0.25, 0.3) is 0 Å². The van der Waals surface area contributed by atoms with Crippen LogP contribution in [0.5, 0.6) is 0 Å². The second-order valence-corrected chi connectivity index (χ2v) is 3.49. The van der Waals surface area contributed by atoms with Crippen LogP contribution in [0.4, 0.5) is 13.2 Å². The van der Waals surface area contributed by atoms with Crippen molar-refractivity contribution in [2.75, 3.05) is 26.2 Å². The summed E-state index contributed by atoms with van der Waals surface area (Å²) in [6, 6.07) is 0. The minimum atomic E-state index is -4.77. The molecule has 1 N–H and O–H groups in total. The number of hydrogen-bond acceptors (Lipinski definition) is 2. The maximum atomic E-state index is 11.8. The third-order valence-corrected chi connectivity index (χ3v) is 2.34. The van der Waals surface area contributed by atoms with Gasteiger partial charge in [-0.15, -0.1) is 0 Å². The summed E-state index contributed by atoms with van der Waals surface area (Å²) in [6.07, 6.45) is -3.41. The van der Waals surface area contributed by atoms with E-state index in [0.29, 0.717) is 6.42 Å². The lowest BCUT2D eigenvalue weighted by Gasteiger charge is -2.17. The van der Waals surface area contributed by atoms with E-state index < -0.39 is 12.1 Å². The van der Waals surface area contributed by atoms with Gasteiger partial charge < -0.3 is 10.2 Å². The first kappa shape index (κ1) is 15.2. The molecule has 3 nitrogen and oxygen atoms in total. The molecule has 0 aliphatic heterocycles. The summed E-state index contributed by atoms with van der Waals surface area (Å²) in [7, 11) is 0. The first-order chi connectivity index (χ1) is 7.41. The van der Waals surface area contributed by atoms with Crippen LogP contribution in [-0.4, -0.2) is 43.2 Å². The van der Waals surface area contributed by atoms with Crippen LogP contribution in [-0.2, 0) is 4.79 Å². The Hall–Kier alpha value is -0.780. The van der Waals surface area contributed by atoms with Crippen LogP contribution < -0.4 is 5.32 Å². The lowest BCUT2D eigenvalue weighted by molar-refractivity contribution is -0.173. The standard InChI is InChI=1S/C10H19F3N2O/c1-3-15(4-2)8-6-5-7-14-9(16)10(11,12)13/h3-8H2,1-2H3,(H,14,16). The predicted octanol–water partition coefficient (Wildman–Crippen LogP) is 1.79. The van der Waals surface area contributed by atoms with E-state index in [-0.39, 0.29) is 6.54 Å². The molecule has 0 saturated heterocycles. The van der Waals surface area contributed by atoms with E-state index in [1.54, 1.807) is 0 Å². The number of unbranched alkanes of at least 4 members (excludes halogenated alkanes) is 1. The van der Waals surface area contributed by atoms with Crippen LogP contribution in [0.25, 0.3) is 0 Å². The van der Waals surface area contributed by atoms with Crippen molar-refractivity contribution in [3.05, 3.63) is 0 Å². The van der Waals surface area contributed by atoms with E-state index in [1.807, 2.05) is 19.2 Å². The molecule has 0 bridgehead atoms. The Morgan fingerprint density at radius 3 is 2.19 bits per heavy atom. The Bertz CT molecular complexity index is 203. The number of carbonyl (C=O) groups is 1. The van der Waals surface area contributed by atoms with E-state index in [1.165, 1.54) is 0 Å². The van der Waals surface area contributed by atoms with Crippen LogP contribution in [0.1, 0.15) is 26.7 Å². The highest BCUT2D eigenvalue weighted by molar-refractivity contribution is 5.81. The van der Waals surface area contributed by atoms with Crippen LogP contribution >= 0.6 is 0 Å². The molecule has 0 aromatic carbocycles. The van der Waals surface area contributed by atoms with E-state index in [9.17, 15) is 18.0 Å². The number of hydrogen-bond donors (Lipinski definition) is 1. The monoisotopic (exact) mass is 240 g/mol. The lowest BCUT2D eigenvalue weighted by atomic mass is 10.3. The van der Waals surface area contributed by atoms with Gasteiger partial charge in [0.1, 0.15) is 0 Å². The molecule has 0 spiro atoms. The molecule has 0 saturated carbocycles. The molecule has 16 heavy (non-hydrogen) atoms. The van der Waals surface area contributed by atoms with Crippen molar-refractivity contribution in [1.29, 1.82) is 0 Å². The number of rotatable bonds is 7. The van der Waals surface area contributed by atoms with Crippen LogP contribution in [0.2, 0.25) is 0 Å². The van der Waals surface area contributed by atoms with Gasteiger partial charge in [-0.2, -0.15) is 13.2 Å². The molecule has 0 heterocycles. The van der Waals surface area contributed by atoms with Gasteiger partial charge >= 0.3 is 12.1 Å². The smallest absolute Gasteiger partial charge is 0.348 e. The summed E-state index contributed by atoms with van der Waals surface area (Å²) in [4.78, 5) is 12.6. The first-order valence-corrected chi connectivity index (χ1v) is 5.49. The summed E-state index contributed by atoms with van der Waals surface area (Å²) in [5.41, 5.74) is 0. The van der Waals surface area contributed by atoms with Crippen molar-refractivity contribution >= 4 is 5.91 Å². The van der Waals surface area contributed by atoms with E-state index >= 15 is 0 Å². The number of halogens is 3. The van der Waals surface area contributed by atoms with Gasteiger partial charge in [-0.3, -0.25) is 4.79 Å². The molecule has 0 aliphatic rings. The Labute approximate surface area is 94.0 Å². The molecule has 0 aliphatic carbocycles. The summed E-state index contributed by atoms with van der Waals surface area (Å²) in [6.45, 7) is 6.88. The topological polar surface area (TPSA) is 32.3 Å². The van der Waals surface area contributed by atoms with Gasteiger partial charge in [0.05, 0.1) is 0 Å². The molecular formula is C10H19F3N2O. The van der Waals surface area contributed by atoms with Gasteiger partial charge in [-0.25, -0.2) is 0 Å². The zero-order valence-electron chi connectivity index (χ0n) is 9.73. The highest BCUT2D eigenvalue weighted by atomic mass is 19.4. The Balaban J connectivity index is 3.51. The molecule has 0 fully saturated rings. The van der Waals surface area contributed by atoms with Gasteiger partial charge in [0.2, 0.25) is 0 Å². The number of carbonyl (C=O) groups excluding carboxylic acids is 1. The fourth-order valence-electron chi connectivity index (χ4n) is 1.30. The molecule has 0 aromatic heterocycles. The summed E-state index contributed by atoms with van der Waals surface area (Å²) >= 11 is 0. The van der Waals surface area contributed by atoms with Gasteiger partial charge in [-0.05, 0) is 32.5 Å². The van der Waals surface area contributed by atoms with Gasteiger partial charge in [0.15, 0.2) is 0 Å². The molecular weight excluding hydrogens is 221 g/mol. The average molecular weight is 240 g/mol. The normalized spacial score (nSPS) is 11.9. The van der Waals surface area contributed by atoms with Crippen molar-refractivity contribution in [3.8, 4) is 0 Å². The first-order valence-electron chi connectivity index (χ1n) is 5.49. The second kappa shape index (κ2) is 7.49. The van der Waals surface area contributed by atoms with Crippen LogP contribution in [0, 0.1) is 0 Å².